The molecular weight excluding hydrogens is 308 g/mol. The van der Waals surface area contributed by atoms with Crippen LogP contribution < -0.4 is 11.1 Å². The molecule has 0 spiro atoms. The number of hydrogen-bond donors (Lipinski definition) is 3. The van der Waals surface area contributed by atoms with E-state index in [9.17, 15) is 9.59 Å². The maximum atomic E-state index is 11.6. The summed E-state index contributed by atoms with van der Waals surface area (Å²) in [5.41, 5.74) is 5.40. The first-order valence-electron chi connectivity index (χ1n) is 7.63. The number of nitrogens with one attached hydrogen (secondary N) is 1. The van der Waals surface area contributed by atoms with Gasteiger partial charge in [0.1, 0.15) is 6.04 Å². The number of unbranched alkanes of at least 4 members (excludes halogenated alkanes) is 2. The Bertz CT molecular complexity index is 323. The molecule has 0 bridgehead atoms. The quantitative estimate of drug-likeness (QED) is 0.397. The van der Waals surface area contributed by atoms with E-state index >= 15 is 0 Å². The van der Waals surface area contributed by atoms with Crippen molar-refractivity contribution in [1.82, 2.24) is 5.32 Å². The third kappa shape index (κ3) is 9.26. The second-order valence-corrected chi connectivity index (χ2v) is 8.15. The van der Waals surface area contributed by atoms with Gasteiger partial charge in [0.25, 0.3) is 0 Å². The van der Waals surface area contributed by atoms with Gasteiger partial charge >= 0.3 is 5.97 Å². The summed E-state index contributed by atoms with van der Waals surface area (Å²) in [5.74, 6) is 0.408. The van der Waals surface area contributed by atoms with Crippen LogP contribution in [-0.2, 0) is 9.59 Å². The van der Waals surface area contributed by atoms with Crippen LogP contribution in [0.4, 0.5) is 0 Å². The van der Waals surface area contributed by atoms with Gasteiger partial charge in [0.2, 0.25) is 5.91 Å². The molecular formula is C14H26N2O3S2. The van der Waals surface area contributed by atoms with Crippen molar-refractivity contribution in [3.05, 3.63) is 0 Å². The first-order chi connectivity index (χ1) is 10.1. The molecule has 0 aliphatic carbocycles. The summed E-state index contributed by atoms with van der Waals surface area (Å²) in [6.45, 7) is 0.611. The third-order valence-electron chi connectivity index (χ3n) is 3.49. The van der Waals surface area contributed by atoms with Crippen LogP contribution in [0.15, 0.2) is 0 Å². The van der Waals surface area contributed by atoms with Gasteiger partial charge in [0.15, 0.2) is 0 Å². The summed E-state index contributed by atoms with van der Waals surface area (Å²) >= 11 is 0. The maximum Gasteiger partial charge on any atom is 0.320 e. The van der Waals surface area contributed by atoms with Gasteiger partial charge in [-0.1, -0.05) is 28.0 Å². The Hall–Kier alpha value is -0.400. The number of rotatable bonds is 11. The molecule has 0 saturated carbocycles. The van der Waals surface area contributed by atoms with E-state index in [0.717, 1.165) is 30.9 Å². The van der Waals surface area contributed by atoms with Gasteiger partial charge in [0.05, 0.1) is 0 Å². The SMILES string of the molecule is N[C@H](CCCCNC(=O)CCCCC1CCSS1)C(=O)O. The van der Waals surface area contributed by atoms with E-state index in [1.165, 1.54) is 18.6 Å². The van der Waals surface area contributed by atoms with Crippen molar-refractivity contribution in [2.75, 3.05) is 12.3 Å². The first-order valence-corrected chi connectivity index (χ1v) is 10.0. The number of aliphatic carboxylic acids is 1. The molecule has 1 aliphatic rings. The molecule has 0 aromatic heterocycles. The third-order valence-corrected chi connectivity index (χ3v) is 6.50. The average molecular weight is 335 g/mol. The number of carboxylic acids is 1. The van der Waals surface area contributed by atoms with E-state index in [1.807, 2.05) is 21.6 Å². The molecule has 1 unspecified atom stereocenters. The monoisotopic (exact) mass is 334 g/mol. The van der Waals surface area contributed by atoms with E-state index in [4.69, 9.17) is 10.8 Å². The molecule has 1 rings (SSSR count). The van der Waals surface area contributed by atoms with Crippen LogP contribution in [0.1, 0.15) is 51.4 Å². The predicted octanol–water partition coefficient (Wildman–Crippen LogP) is 2.40. The number of carbonyl (C=O) groups is 2. The van der Waals surface area contributed by atoms with Gasteiger partial charge in [-0.25, -0.2) is 0 Å². The number of carboxylic acid groups (broad SMARTS) is 1. The fourth-order valence-electron chi connectivity index (χ4n) is 2.15. The Balaban J connectivity index is 1.88. The van der Waals surface area contributed by atoms with Crippen LogP contribution in [-0.4, -0.2) is 40.6 Å². The van der Waals surface area contributed by atoms with Crippen molar-refractivity contribution in [1.29, 1.82) is 0 Å². The Morgan fingerprint density at radius 3 is 2.76 bits per heavy atom. The lowest BCUT2D eigenvalue weighted by atomic mass is 10.1. The lowest BCUT2D eigenvalue weighted by Gasteiger charge is -2.08. The Morgan fingerprint density at radius 1 is 1.29 bits per heavy atom. The minimum atomic E-state index is -0.960. The van der Waals surface area contributed by atoms with Crippen LogP contribution in [0.25, 0.3) is 0 Å². The molecule has 1 saturated heterocycles. The molecule has 0 aromatic carbocycles. The first kappa shape index (κ1) is 18.6. The highest BCUT2D eigenvalue weighted by Crippen LogP contribution is 2.39. The summed E-state index contributed by atoms with van der Waals surface area (Å²) in [5, 5.41) is 12.3. The minimum Gasteiger partial charge on any atom is -0.480 e. The van der Waals surface area contributed by atoms with Crippen molar-refractivity contribution in [3.63, 3.8) is 0 Å². The van der Waals surface area contributed by atoms with Gasteiger partial charge in [-0.3, -0.25) is 9.59 Å². The van der Waals surface area contributed by atoms with Crippen molar-refractivity contribution in [2.24, 2.45) is 5.73 Å². The maximum absolute atomic E-state index is 11.6. The lowest BCUT2D eigenvalue weighted by Crippen LogP contribution is -2.30. The molecule has 5 nitrogen and oxygen atoms in total. The van der Waals surface area contributed by atoms with Crippen molar-refractivity contribution < 1.29 is 14.7 Å². The van der Waals surface area contributed by atoms with E-state index in [1.54, 1.807) is 0 Å². The predicted molar refractivity (Wildman–Crippen MR) is 89.4 cm³/mol. The molecule has 1 amide bonds. The van der Waals surface area contributed by atoms with E-state index in [2.05, 4.69) is 5.32 Å². The van der Waals surface area contributed by atoms with Crippen molar-refractivity contribution in [3.8, 4) is 0 Å². The topological polar surface area (TPSA) is 92.4 Å². The number of amides is 1. The highest BCUT2D eigenvalue weighted by molar-refractivity contribution is 8.77. The minimum absolute atomic E-state index is 0.103. The van der Waals surface area contributed by atoms with Crippen LogP contribution in [0, 0.1) is 0 Å². The molecule has 122 valence electrons. The molecule has 1 heterocycles. The molecule has 1 aliphatic heterocycles. The molecule has 1 fully saturated rings. The summed E-state index contributed by atoms with van der Waals surface area (Å²) < 4.78 is 0. The second kappa shape index (κ2) is 11.2. The van der Waals surface area contributed by atoms with Gasteiger partial charge < -0.3 is 16.2 Å². The van der Waals surface area contributed by atoms with Crippen molar-refractivity contribution in [2.45, 2.75) is 62.7 Å². The van der Waals surface area contributed by atoms with Gasteiger partial charge in [-0.2, -0.15) is 0 Å². The Morgan fingerprint density at radius 2 is 2.10 bits per heavy atom. The Labute approximate surface area is 134 Å². The fraction of sp³-hybridized carbons (Fsp3) is 0.857. The highest BCUT2D eigenvalue weighted by atomic mass is 33.1. The molecule has 2 atom stereocenters. The number of nitrogens with two attached hydrogens (primary N) is 1. The lowest BCUT2D eigenvalue weighted by molar-refractivity contribution is -0.138. The average Bonchev–Trinajstić information content (AvgIpc) is 2.96. The normalized spacial score (nSPS) is 19.4. The van der Waals surface area contributed by atoms with Gasteiger partial charge in [-0.05, 0) is 38.5 Å². The highest BCUT2D eigenvalue weighted by Gasteiger charge is 2.15. The molecule has 4 N–H and O–H groups in total. The zero-order valence-corrected chi connectivity index (χ0v) is 14.0. The van der Waals surface area contributed by atoms with E-state index < -0.39 is 12.0 Å². The van der Waals surface area contributed by atoms with Crippen molar-refractivity contribution >= 4 is 33.5 Å². The zero-order chi connectivity index (χ0) is 15.5. The van der Waals surface area contributed by atoms with Crippen LogP contribution in [0.3, 0.4) is 0 Å². The summed E-state index contributed by atoms with van der Waals surface area (Å²) in [7, 11) is 3.95. The molecule has 0 radical (unpaired) electrons. The number of carbonyl (C=O) groups excluding carboxylic acids is 1. The zero-order valence-electron chi connectivity index (χ0n) is 12.4. The summed E-state index contributed by atoms with van der Waals surface area (Å²) in [6.07, 6.45) is 7.17. The second-order valence-electron chi connectivity index (χ2n) is 5.37. The summed E-state index contributed by atoms with van der Waals surface area (Å²) in [6, 6.07) is -0.785. The van der Waals surface area contributed by atoms with Gasteiger partial charge in [0, 0.05) is 24.0 Å². The largest absolute Gasteiger partial charge is 0.480 e. The van der Waals surface area contributed by atoms with Crippen LogP contribution >= 0.6 is 21.6 Å². The standard InChI is InChI=1S/C14H26N2O3S2/c15-12(14(18)19)6-3-4-9-16-13(17)7-2-1-5-11-8-10-20-21-11/h11-12H,1-10,15H2,(H,16,17)(H,18,19)/t11?,12-/m1/s1. The van der Waals surface area contributed by atoms with Gasteiger partial charge in [-0.15, -0.1) is 0 Å². The van der Waals surface area contributed by atoms with Crippen LogP contribution in [0.5, 0.6) is 0 Å². The molecule has 7 heteroatoms. The van der Waals surface area contributed by atoms with Crippen LogP contribution in [0.2, 0.25) is 0 Å². The molecule has 21 heavy (non-hydrogen) atoms. The smallest absolute Gasteiger partial charge is 0.320 e. The Kier molecular flexibility index (Phi) is 9.95. The molecule has 0 aromatic rings. The fourth-order valence-corrected chi connectivity index (χ4v) is 5.18. The number of hydrogen-bond acceptors (Lipinski definition) is 5. The van der Waals surface area contributed by atoms with E-state index in [-0.39, 0.29) is 5.91 Å². The summed E-state index contributed by atoms with van der Waals surface area (Å²) in [4.78, 5) is 22.1. The van der Waals surface area contributed by atoms with E-state index in [0.29, 0.717) is 19.4 Å².